The van der Waals surface area contributed by atoms with Crippen molar-refractivity contribution in [2.45, 2.75) is 38.6 Å². The molecular formula is C12H21N3. The highest BCUT2D eigenvalue weighted by molar-refractivity contribution is 5.09. The average Bonchev–Trinajstić information content (AvgIpc) is 2.96. The summed E-state index contributed by atoms with van der Waals surface area (Å²) < 4.78 is 2.01. The molecule has 1 aromatic heterocycles. The lowest BCUT2D eigenvalue weighted by Crippen LogP contribution is -2.28. The zero-order valence-corrected chi connectivity index (χ0v) is 9.95. The molecule has 1 atom stereocenters. The number of hydrogen-bond donors (Lipinski definition) is 1. The van der Waals surface area contributed by atoms with Crippen LogP contribution in [0.2, 0.25) is 0 Å². The topological polar surface area (TPSA) is 29.9 Å². The van der Waals surface area contributed by atoms with E-state index in [2.05, 4.69) is 30.5 Å². The van der Waals surface area contributed by atoms with Gasteiger partial charge in [0.2, 0.25) is 0 Å². The van der Waals surface area contributed by atoms with Crippen LogP contribution in [0.25, 0.3) is 0 Å². The summed E-state index contributed by atoms with van der Waals surface area (Å²) in [6.07, 6.45) is 5.20. The molecule has 0 spiro atoms. The molecule has 15 heavy (non-hydrogen) atoms. The van der Waals surface area contributed by atoms with E-state index in [1.54, 1.807) is 0 Å². The molecule has 1 aromatic rings. The van der Waals surface area contributed by atoms with E-state index in [4.69, 9.17) is 0 Å². The van der Waals surface area contributed by atoms with Gasteiger partial charge >= 0.3 is 0 Å². The summed E-state index contributed by atoms with van der Waals surface area (Å²) in [6.45, 7) is 2.06. The summed E-state index contributed by atoms with van der Waals surface area (Å²) >= 11 is 0. The van der Waals surface area contributed by atoms with Crippen molar-refractivity contribution in [2.24, 2.45) is 13.0 Å². The molecule has 3 nitrogen and oxygen atoms in total. The zero-order chi connectivity index (χ0) is 10.8. The molecule has 1 aliphatic carbocycles. The normalized spacial score (nSPS) is 18.1. The Morgan fingerprint density at radius 3 is 2.80 bits per heavy atom. The highest BCUT2D eigenvalue weighted by Crippen LogP contribution is 2.34. The molecule has 1 aliphatic rings. The van der Waals surface area contributed by atoms with Crippen LogP contribution in [0.3, 0.4) is 0 Å². The number of hydrogen-bond acceptors (Lipinski definition) is 2. The minimum absolute atomic E-state index is 0.709. The van der Waals surface area contributed by atoms with Crippen LogP contribution in [0.5, 0.6) is 0 Å². The number of nitrogens with one attached hydrogen (secondary N) is 1. The molecule has 2 rings (SSSR count). The Labute approximate surface area is 91.9 Å². The first kappa shape index (κ1) is 10.7. The molecule has 1 N–H and O–H groups in total. The minimum atomic E-state index is 0.709. The van der Waals surface area contributed by atoms with Gasteiger partial charge in [-0.15, -0.1) is 0 Å². The van der Waals surface area contributed by atoms with Crippen LogP contribution in [0.1, 0.15) is 30.7 Å². The van der Waals surface area contributed by atoms with Crippen LogP contribution in [-0.2, 0) is 13.5 Å². The quantitative estimate of drug-likeness (QED) is 0.796. The van der Waals surface area contributed by atoms with Crippen LogP contribution < -0.4 is 5.32 Å². The van der Waals surface area contributed by atoms with Gasteiger partial charge in [0.25, 0.3) is 0 Å². The number of rotatable bonds is 5. The molecule has 0 aliphatic heterocycles. The van der Waals surface area contributed by atoms with E-state index < -0.39 is 0 Å². The molecule has 0 aromatic carbocycles. The summed E-state index contributed by atoms with van der Waals surface area (Å²) in [7, 11) is 4.12. The molecule has 84 valence electrons. The van der Waals surface area contributed by atoms with Crippen molar-refractivity contribution < 1.29 is 0 Å². The highest BCUT2D eigenvalue weighted by atomic mass is 15.3. The molecule has 1 unspecified atom stereocenters. The van der Waals surface area contributed by atoms with Gasteiger partial charge in [-0.25, -0.2) is 0 Å². The maximum absolute atomic E-state index is 4.37. The average molecular weight is 207 g/mol. The van der Waals surface area contributed by atoms with E-state index in [0.29, 0.717) is 6.04 Å². The van der Waals surface area contributed by atoms with Gasteiger partial charge in [-0.3, -0.25) is 4.68 Å². The maximum atomic E-state index is 4.37. The lowest BCUT2D eigenvalue weighted by molar-refractivity contribution is 0.464. The van der Waals surface area contributed by atoms with Gasteiger partial charge in [0.05, 0.1) is 5.69 Å². The summed E-state index contributed by atoms with van der Waals surface area (Å²) in [6, 6.07) is 2.90. The van der Waals surface area contributed by atoms with Gasteiger partial charge in [0.15, 0.2) is 0 Å². The lowest BCUT2D eigenvalue weighted by Gasteiger charge is -2.14. The first-order valence-corrected chi connectivity index (χ1v) is 5.87. The fourth-order valence-corrected chi connectivity index (χ4v) is 2.32. The van der Waals surface area contributed by atoms with E-state index in [0.717, 1.165) is 18.0 Å². The molecule has 1 fully saturated rings. The zero-order valence-electron chi connectivity index (χ0n) is 9.95. The van der Waals surface area contributed by atoms with Gasteiger partial charge < -0.3 is 5.32 Å². The Bertz CT molecular complexity index is 326. The number of aromatic nitrogens is 2. The molecule has 1 heterocycles. The third-order valence-electron chi connectivity index (χ3n) is 3.37. The van der Waals surface area contributed by atoms with E-state index in [1.165, 1.54) is 25.0 Å². The molecule has 0 saturated heterocycles. The third-order valence-corrected chi connectivity index (χ3v) is 3.37. The minimum Gasteiger partial charge on any atom is -0.317 e. The highest BCUT2D eigenvalue weighted by Gasteiger charge is 2.29. The van der Waals surface area contributed by atoms with Crippen molar-refractivity contribution in [1.29, 1.82) is 0 Å². The largest absolute Gasteiger partial charge is 0.317 e. The molecule has 0 radical (unpaired) electrons. The second kappa shape index (κ2) is 4.35. The van der Waals surface area contributed by atoms with Crippen molar-refractivity contribution in [2.75, 3.05) is 7.05 Å². The Hall–Kier alpha value is -0.830. The summed E-state index contributed by atoms with van der Waals surface area (Å²) in [5.74, 6) is 0.935. The van der Waals surface area contributed by atoms with E-state index in [1.807, 2.05) is 11.7 Å². The summed E-state index contributed by atoms with van der Waals surface area (Å²) in [4.78, 5) is 0. The Morgan fingerprint density at radius 1 is 1.60 bits per heavy atom. The molecule has 1 saturated carbocycles. The van der Waals surface area contributed by atoms with Crippen LogP contribution in [0.4, 0.5) is 0 Å². The summed E-state index contributed by atoms with van der Waals surface area (Å²) in [5.41, 5.74) is 2.48. The first-order chi connectivity index (χ1) is 7.20. The maximum Gasteiger partial charge on any atom is 0.0596 e. The SMILES string of the molecule is CNC(CCc1cc(C)nn1C)C1CC1. The van der Waals surface area contributed by atoms with Gasteiger partial charge in [-0.05, 0) is 51.6 Å². The monoisotopic (exact) mass is 207 g/mol. The molecule has 3 heteroatoms. The number of aryl methyl sites for hydroxylation is 3. The van der Waals surface area contributed by atoms with E-state index >= 15 is 0 Å². The van der Waals surface area contributed by atoms with Crippen molar-refractivity contribution in [3.63, 3.8) is 0 Å². The van der Waals surface area contributed by atoms with Crippen LogP contribution in [0.15, 0.2) is 6.07 Å². The Morgan fingerprint density at radius 2 is 2.33 bits per heavy atom. The first-order valence-electron chi connectivity index (χ1n) is 5.87. The smallest absolute Gasteiger partial charge is 0.0596 e. The summed E-state index contributed by atoms with van der Waals surface area (Å²) in [5, 5.41) is 7.80. The van der Waals surface area contributed by atoms with Crippen LogP contribution in [-0.4, -0.2) is 22.9 Å². The predicted molar refractivity (Wildman–Crippen MR) is 61.8 cm³/mol. The fourth-order valence-electron chi connectivity index (χ4n) is 2.32. The van der Waals surface area contributed by atoms with Gasteiger partial charge in [0.1, 0.15) is 0 Å². The van der Waals surface area contributed by atoms with Gasteiger partial charge in [-0.1, -0.05) is 0 Å². The predicted octanol–water partition coefficient (Wildman–Crippen LogP) is 1.66. The van der Waals surface area contributed by atoms with Gasteiger partial charge in [-0.2, -0.15) is 5.10 Å². The second-order valence-electron chi connectivity index (χ2n) is 4.67. The fraction of sp³-hybridized carbons (Fsp3) is 0.750. The number of nitrogens with zero attached hydrogens (tertiary/aromatic N) is 2. The van der Waals surface area contributed by atoms with Crippen molar-refractivity contribution >= 4 is 0 Å². The van der Waals surface area contributed by atoms with Gasteiger partial charge in [0, 0.05) is 18.8 Å². The van der Waals surface area contributed by atoms with Crippen LogP contribution >= 0.6 is 0 Å². The molecular weight excluding hydrogens is 186 g/mol. The third kappa shape index (κ3) is 2.59. The van der Waals surface area contributed by atoms with E-state index in [9.17, 15) is 0 Å². The Kier molecular flexibility index (Phi) is 3.10. The molecule has 0 amide bonds. The standard InChI is InChI=1S/C12H21N3/c1-9-8-11(15(3)14-9)6-7-12(13-2)10-4-5-10/h8,10,12-13H,4-7H2,1-3H3. The van der Waals surface area contributed by atoms with E-state index in [-0.39, 0.29) is 0 Å². The van der Waals surface area contributed by atoms with Crippen LogP contribution in [0, 0.1) is 12.8 Å². The van der Waals surface area contributed by atoms with Crippen molar-refractivity contribution in [3.8, 4) is 0 Å². The lowest BCUT2D eigenvalue weighted by atomic mass is 10.1. The second-order valence-corrected chi connectivity index (χ2v) is 4.67. The van der Waals surface area contributed by atoms with Crippen molar-refractivity contribution in [1.82, 2.24) is 15.1 Å². The Balaban J connectivity index is 1.88. The molecule has 0 bridgehead atoms. The van der Waals surface area contributed by atoms with Crippen molar-refractivity contribution in [3.05, 3.63) is 17.5 Å².